The number of pyridine rings is 1. The van der Waals surface area contributed by atoms with Gasteiger partial charge >= 0.3 is 11.7 Å². The van der Waals surface area contributed by atoms with Gasteiger partial charge in [0.25, 0.3) is 0 Å². The molecule has 9 nitrogen and oxygen atoms in total. The van der Waals surface area contributed by atoms with Gasteiger partial charge in [0.05, 0.1) is 10.5 Å². The lowest BCUT2D eigenvalue weighted by Gasteiger charge is -2.14. The molecule has 1 unspecified atom stereocenters. The first-order valence-electron chi connectivity index (χ1n) is 6.33. The van der Waals surface area contributed by atoms with Crippen molar-refractivity contribution in [3.63, 3.8) is 0 Å². The Morgan fingerprint density at radius 1 is 1.52 bits per heavy atom. The van der Waals surface area contributed by atoms with E-state index in [0.717, 1.165) is 25.1 Å². The van der Waals surface area contributed by atoms with E-state index in [4.69, 9.17) is 5.11 Å². The molecule has 21 heavy (non-hydrogen) atoms. The number of nitrogens with one attached hydrogen (secondary N) is 2. The van der Waals surface area contributed by atoms with Crippen LogP contribution in [-0.4, -0.2) is 39.0 Å². The van der Waals surface area contributed by atoms with Crippen LogP contribution in [0.15, 0.2) is 12.3 Å². The average Bonchev–Trinajstić information content (AvgIpc) is 3.22. The van der Waals surface area contributed by atoms with E-state index in [1.165, 1.54) is 0 Å². The largest absolute Gasteiger partial charge is 0.478 e. The van der Waals surface area contributed by atoms with Crippen molar-refractivity contribution in [2.75, 3.05) is 5.32 Å². The highest BCUT2D eigenvalue weighted by Gasteiger charge is 2.27. The second-order valence-electron chi connectivity index (χ2n) is 4.80. The lowest BCUT2D eigenvalue weighted by Crippen LogP contribution is -2.39. The summed E-state index contributed by atoms with van der Waals surface area (Å²) in [5, 5.41) is 25.2. The normalized spacial score (nSPS) is 15.1. The Morgan fingerprint density at radius 3 is 2.71 bits per heavy atom. The SMILES string of the molecule is CC(Nc1ncc(C(=O)O)cc1[N+](=O)[O-])C(=O)NC1CC1. The lowest BCUT2D eigenvalue weighted by molar-refractivity contribution is -0.384. The Kier molecular flexibility index (Phi) is 4.01. The fraction of sp³-hybridized carbons (Fsp3) is 0.417. The molecule has 0 saturated heterocycles. The number of rotatable bonds is 6. The van der Waals surface area contributed by atoms with Crippen molar-refractivity contribution >= 4 is 23.4 Å². The van der Waals surface area contributed by atoms with E-state index in [-0.39, 0.29) is 23.3 Å². The average molecular weight is 294 g/mol. The van der Waals surface area contributed by atoms with Crippen molar-refractivity contribution in [3.8, 4) is 0 Å². The van der Waals surface area contributed by atoms with Crippen LogP contribution in [0.4, 0.5) is 11.5 Å². The third-order valence-electron chi connectivity index (χ3n) is 2.98. The molecule has 1 atom stereocenters. The first-order valence-corrected chi connectivity index (χ1v) is 6.33. The van der Waals surface area contributed by atoms with Crippen molar-refractivity contribution in [1.82, 2.24) is 10.3 Å². The highest BCUT2D eigenvalue weighted by molar-refractivity contribution is 5.89. The molecule has 1 aliphatic carbocycles. The van der Waals surface area contributed by atoms with Crippen LogP contribution in [0.1, 0.15) is 30.1 Å². The van der Waals surface area contributed by atoms with Gasteiger partial charge in [0.2, 0.25) is 11.7 Å². The van der Waals surface area contributed by atoms with Gasteiger partial charge in [-0.1, -0.05) is 0 Å². The second-order valence-corrected chi connectivity index (χ2v) is 4.80. The first kappa shape index (κ1) is 14.7. The third kappa shape index (κ3) is 3.65. The highest BCUT2D eigenvalue weighted by Crippen LogP contribution is 2.24. The summed E-state index contributed by atoms with van der Waals surface area (Å²) in [7, 11) is 0. The molecule has 0 bridgehead atoms. The molecule has 0 radical (unpaired) electrons. The minimum Gasteiger partial charge on any atom is -0.478 e. The summed E-state index contributed by atoms with van der Waals surface area (Å²) in [4.78, 5) is 36.5. The number of carboxylic acids is 1. The van der Waals surface area contributed by atoms with E-state index in [9.17, 15) is 19.7 Å². The molecular formula is C12H14N4O5. The van der Waals surface area contributed by atoms with E-state index in [0.29, 0.717) is 0 Å². The van der Waals surface area contributed by atoms with Crippen LogP contribution >= 0.6 is 0 Å². The molecule has 1 fully saturated rings. The quantitative estimate of drug-likeness (QED) is 0.521. The zero-order chi connectivity index (χ0) is 15.6. The number of hydrogen-bond acceptors (Lipinski definition) is 6. The second kappa shape index (κ2) is 5.73. The van der Waals surface area contributed by atoms with Crippen molar-refractivity contribution in [1.29, 1.82) is 0 Å². The Bertz CT molecular complexity index is 599. The molecule has 1 aromatic rings. The van der Waals surface area contributed by atoms with Gasteiger partial charge < -0.3 is 15.7 Å². The predicted molar refractivity (Wildman–Crippen MR) is 72.1 cm³/mol. The maximum Gasteiger partial charge on any atom is 0.337 e. The summed E-state index contributed by atoms with van der Waals surface area (Å²) in [5.74, 6) is -1.73. The molecule has 0 aromatic carbocycles. The van der Waals surface area contributed by atoms with Gasteiger partial charge in [0.15, 0.2) is 0 Å². The molecular weight excluding hydrogens is 280 g/mol. The molecule has 1 aliphatic rings. The molecule has 1 amide bonds. The topological polar surface area (TPSA) is 134 Å². The molecule has 0 aliphatic heterocycles. The van der Waals surface area contributed by atoms with Gasteiger partial charge in [0.1, 0.15) is 6.04 Å². The van der Waals surface area contributed by atoms with Gasteiger partial charge in [0, 0.05) is 18.3 Å². The molecule has 1 saturated carbocycles. The zero-order valence-corrected chi connectivity index (χ0v) is 11.2. The zero-order valence-electron chi connectivity index (χ0n) is 11.2. The number of nitro groups is 1. The number of amides is 1. The van der Waals surface area contributed by atoms with E-state index < -0.39 is 22.6 Å². The maximum atomic E-state index is 11.8. The number of carbonyl (C=O) groups is 2. The fourth-order valence-electron chi connectivity index (χ4n) is 1.64. The van der Waals surface area contributed by atoms with Crippen molar-refractivity contribution in [2.45, 2.75) is 31.8 Å². The number of hydrogen-bond donors (Lipinski definition) is 3. The Morgan fingerprint density at radius 2 is 2.19 bits per heavy atom. The van der Waals surface area contributed by atoms with Crippen molar-refractivity contribution < 1.29 is 19.6 Å². The third-order valence-corrected chi connectivity index (χ3v) is 2.98. The van der Waals surface area contributed by atoms with E-state index in [1.807, 2.05) is 0 Å². The molecule has 2 rings (SSSR count). The monoisotopic (exact) mass is 294 g/mol. The lowest BCUT2D eigenvalue weighted by atomic mass is 10.2. The van der Waals surface area contributed by atoms with Crippen molar-refractivity contribution in [2.24, 2.45) is 0 Å². The number of carbonyl (C=O) groups excluding carboxylic acids is 1. The number of aromatic nitrogens is 1. The molecule has 0 spiro atoms. The number of anilines is 1. The standard InChI is InChI=1S/C12H14N4O5/c1-6(11(17)15-8-2-3-8)14-10-9(16(20)21)4-7(5-13-10)12(18)19/h4-6,8H,2-3H2,1H3,(H,13,14)(H,15,17)(H,18,19). The van der Waals surface area contributed by atoms with Crippen molar-refractivity contribution in [3.05, 3.63) is 27.9 Å². The Labute approximate surface area is 119 Å². The van der Waals surface area contributed by atoms with Crippen LogP contribution in [-0.2, 0) is 4.79 Å². The fourth-order valence-corrected chi connectivity index (χ4v) is 1.64. The van der Waals surface area contributed by atoms with E-state index >= 15 is 0 Å². The summed E-state index contributed by atoms with van der Waals surface area (Å²) >= 11 is 0. The number of nitrogens with zero attached hydrogens (tertiary/aromatic N) is 2. The first-order chi connectivity index (χ1) is 9.88. The van der Waals surface area contributed by atoms with Crippen LogP contribution < -0.4 is 10.6 Å². The van der Waals surface area contributed by atoms with Crippen LogP contribution in [0.3, 0.4) is 0 Å². The minimum absolute atomic E-state index is 0.136. The van der Waals surface area contributed by atoms with Gasteiger partial charge in [-0.05, 0) is 19.8 Å². The van der Waals surface area contributed by atoms with Gasteiger partial charge in [-0.15, -0.1) is 0 Å². The van der Waals surface area contributed by atoms with Gasteiger partial charge in [-0.2, -0.15) is 0 Å². The predicted octanol–water partition coefficient (Wildman–Crippen LogP) is 0.767. The van der Waals surface area contributed by atoms with Crippen LogP contribution in [0.2, 0.25) is 0 Å². The minimum atomic E-state index is -1.31. The molecule has 1 heterocycles. The summed E-state index contributed by atoms with van der Waals surface area (Å²) < 4.78 is 0. The van der Waals surface area contributed by atoms with Crippen LogP contribution in [0.25, 0.3) is 0 Å². The summed E-state index contributed by atoms with van der Waals surface area (Å²) in [5.41, 5.74) is -0.775. The van der Waals surface area contributed by atoms with Gasteiger partial charge in [-0.3, -0.25) is 14.9 Å². The van der Waals surface area contributed by atoms with E-state index in [2.05, 4.69) is 15.6 Å². The maximum absolute atomic E-state index is 11.8. The summed E-state index contributed by atoms with van der Waals surface area (Å²) in [6.07, 6.45) is 2.87. The number of carboxylic acid groups (broad SMARTS) is 1. The molecule has 1 aromatic heterocycles. The summed E-state index contributed by atoms with van der Waals surface area (Å²) in [6, 6.07) is 0.370. The number of aromatic carboxylic acids is 1. The molecule has 9 heteroatoms. The smallest absolute Gasteiger partial charge is 0.337 e. The molecule has 112 valence electrons. The molecule has 3 N–H and O–H groups in total. The summed E-state index contributed by atoms with van der Waals surface area (Å²) in [6.45, 7) is 1.55. The van der Waals surface area contributed by atoms with Crippen LogP contribution in [0, 0.1) is 10.1 Å². The van der Waals surface area contributed by atoms with Crippen LogP contribution in [0.5, 0.6) is 0 Å². The van der Waals surface area contributed by atoms with E-state index in [1.54, 1.807) is 6.92 Å². The Hall–Kier alpha value is -2.71. The Balaban J connectivity index is 2.15. The van der Waals surface area contributed by atoms with Gasteiger partial charge in [-0.25, -0.2) is 9.78 Å². The highest BCUT2D eigenvalue weighted by atomic mass is 16.6.